The van der Waals surface area contributed by atoms with Gasteiger partial charge in [-0.2, -0.15) is 5.10 Å². The molecule has 1 aliphatic carbocycles. The fraction of sp³-hybridized carbons (Fsp3) is 0.667. The predicted octanol–water partition coefficient (Wildman–Crippen LogP) is 0.0930. The number of aryl methyl sites for hydroxylation is 1. The Hall–Kier alpha value is -2.58. The molecule has 148 valence electrons. The van der Waals surface area contributed by atoms with Crippen molar-refractivity contribution in [1.29, 1.82) is 0 Å². The average Bonchev–Trinajstić information content (AvgIpc) is 3.30. The van der Waals surface area contributed by atoms with Gasteiger partial charge in [-0.3, -0.25) is 19.3 Å². The zero-order valence-corrected chi connectivity index (χ0v) is 16.1. The van der Waals surface area contributed by atoms with Gasteiger partial charge in [0.2, 0.25) is 11.8 Å². The van der Waals surface area contributed by atoms with Gasteiger partial charge in [-0.05, 0) is 12.8 Å². The van der Waals surface area contributed by atoms with Gasteiger partial charge in [0.05, 0.1) is 11.9 Å². The van der Waals surface area contributed by atoms with Crippen LogP contribution in [0.2, 0.25) is 0 Å². The summed E-state index contributed by atoms with van der Waals surface area (Å²) in [5.74, 6) is 0.737. The second kappa shape index (κ2) is 8.88. The standard InChI is InChI=1S/C18H29N7O2/c1-19-18(20-8-7-16(26)22-14-5-3-4-6-14)24-9-10-25(17(27)13-24)15-11-21-23(2)12-15/h11-12,14H,3-10,13H2,1-2H3,(H,19,20)(H,22,26). The molecule has 1 aromatic heterocycles. The molecule has 0 unspecified atom stereocenters. The number of piperazine rings is 1. The molecular formula is C18H29N7O2. The Balaban J connectivity index is 1.44. The van der Waals surface area contributed by atoms with Crippen molar-refractivity contribution >= 4 is 23.5 Å². The quantitative estimate of drug-likeness (QED) is 0.562. The van der Waals surface area contributed by atoms with Crippen molar-refractivity contribution in [2.24, 2.45) is 12.0 Å². The van der Waals surface area contributed by atoms with Crippen LogP contribution in [0.3, 0.4) is 0 Å². The highest BCUT2D eigenvalue weighted by atomic mass is 16.2. The number of carbonyl (C=O) groups excluding carboxylic acids is 2. The second-order valence-electron chi connectivity index (χ2n) is 7.11. The predicted molar refractivity (Wildman–Crippen MR) is 104 cm³/mol. The van der Waals surface area contributed by atoms with E-state index in [4.69, 9.17) is 0 Å². The summed E-state index contributed by atoms with van der Waals surface area (Å²) in [6, 6.07) is 0.343. The highest BCUT2D eigenvalue weighted by molar-refractivity contribution is 5.98. The molecule has 9 nitrogen and oxygen atoms in total. The van der Waals surface area contributed by atoms with Crippen molar-refractivity contribution in [2.75, 3.05) is 38.1 Å². The van der Waals surface area contributed by atoms with Crippen LogP contribution in [0, 0.1) is 0 Å². The summed E-state index contributed by atoms with van der Waals surface area (Å²) in [7, 11) is 3.53. The van der Waals surface area contributed by atoms with Crippen LogP contribution in [0.4, 0.5) is 5.69 Å². The Kier molecular flexibility index (Phi) is 6.31. The molecule has 3 rings (SSSR count). The summed E-state index contributed by atoms with van der Waals surface area (Å²) >= 11 is 0. The van der Waals surface area contributed by atoms with Gasteiger partial charge in [-0.1, -0.05) is 12.8 Å². The van der Waals surface area contributed by atoms with Crippen molar-refractivity contribution in [1.82, 2.24) is 25.3 Å². The maximum Gasteiger partial charge on any atom is 0.246 e. The average molecular weight is 375 g/mol. The fourth-order valence-corrected chi connectivity index (χ4v) is 3.66. The number of amides is 2. The van der Waals surface area contributed by atoms with E-state index in [1.54, 1.807) is 22.8 Å². The smallest absolute Gasteiger partial charge is 0.246 e. The Morgan fingerprint density at radius 1 is 1.33 bits per heavy atom. The number of rotatable bonds is 5. The molecule has 1 saturated heterocycles. The number of anilines is 1. The third-order valence-electron chi connectivity index (χ3n) is 5.09. The monoisotopic (exact) mass is 375 g/mol. The molecule has 0 spiro atoms. The maximum atomic E-state index is 12.5. The molecule has 0 atom stereocenters. The van der Waals surface area contributed by atoms with Crippen LogP contribution >= 0.6 is 0 Å². The summed E-state index contributed by atoms with van der Waals surface area (Å²) in [5.41, 5.74) is 0.814. The van der Waals surface area contributed by atoms with Crippen molar-refractivity contribution in [3.8, 4) is 0 Å². The third kappa shape index (κ3) is 4.99. The molecule has 9 heteroatoms. The van der Waals surface area contributed by atoms with E-state index in [0.29, 0.717) is 38.1 Å². The molecule has 2 amide bonds. The number of nitrogens with zero attached hydrogens (tertiary/aromatic N) is 5. The van der Waals surface area contributed by atoms with Crippen LogP contribution < -0.4 is 15.5 Å². The molecule has 27 heavy (non-hydrogen) atoms. The number of guanidine groups is 1. The van der Waals surface area contributed by atoms with Crippen LogP contribution in [0.5, 0.6) is 0 Å². The molecule has 0 radical (unpaired) electrons. The minimum atomic E-state index is 0.0103. The lowest BCUT2D eigenvalue weighted by Gasteiger charge is -2.35. The highest BCUT2D eigenvalue weighted by Gasteiger charge is 2.27. The first-order valence-electron chi connectivity index (χ1n) is 9.61. The number of carbonyl (C=O) groups is 2. The molecule has 1 aliphatic heterocycles. The van der Waals surface area contributed by atoms with Gasteiger partial charge in [-0.15, -0.1) is 0 Å². The minimum absolute atomic E-state index is 0.0103. The number of hydrogen-bond acceptors (Lipinski definition) is 4. The zero-order valence-electron chi connectivity index (χ0n) is 16.1. The van der Waals surface area contributed by atoms with Gasteiger partial charge in [0.25, 0.3) is 0 Å². The number of nitrogens with one attached hydrogen (secondary N) is 2. The first-order chi connectivity index (χ1) is 13.1. The number of aliphatic imine (C=N–C) groups is 1. The van der Waals surface area contributed by atoms with Gasteiger partial charge < -0.3 is 20.4 Å². The van der Waals surface area contributed by atoms with Crippen molar-refractivity contribution in [3.63, 3.8) is 0 Å². The molecule has 0 aromatic carbocycles. The second-order valence-corrected chi connectivity index (χ2v) is 7.11. The fourth-order valence-electron chi connectivity index (χ4n) is 3.66. The zero-order chi connectivity index (χ0) is 19.2. The Labute approximate surface area is 159 Å². The van der Waals surface area contributed by atoms with Crippen LogP contribution in [-0.4, -0.2) is 71.7 Å². The van der Waals surface area contributed by atoms with E-state index in [0.717, 1.165) is 18.5 Å². The first kappa shape index (κ1) is 19.2. The van der Waals surface area contributed by atoms with E-state index in [1.807, 2.05) is 18.1 Å². The largest absolute Gasteiger partial charge is 0.356 e. The highest BCUT2D eigenvalue weighted by Crippen LogP contribution is 2.18. The molecule has 0 bridgehead atoms. The minimum Gasteiger partial charge on any atom is -0.356 e. The normalized spacial score (nSPS) is 18.9. The lowest BCUT2D eigenvalue weighted by molar-refractivity contribution is -0.122. The molecule has 2 aliphatic rings. The molecule has 1 saturated carbocycles. The maximum absolute atomic E-state index is 12.5. The summed E-state index contributed by atoms with van der Waals surface area (Å²) in [6.07, 6.45) is 8.52. The number of aromatic nitrogens is 2. The summed E-state index contributed by atoms with van der Waals surface area (Å²) in [6.45, 7) is 2.01. The van der Waals surface area contributed by atoms with E-state index >= 15 is 0 Å². The van der Waals surface area contributed by atoms with Crippen LogP contribution in [0.25, 0.3) is 0 Å². The van der Waals surface area contributed by atoms with Gasteiger partial charge in [0, 0.05) is 52.4 Å². The molecule has 2 N–H and O–H groups in total. The van der Waals surface area contributed by atoms with Crippen LogP contribution in [-0.2, 0) is 16.6 Å². The van der Waals surface area contributed by atoms with Gasteiger partial charge >= 0.3 is 0 Å². The summed E-state index contributed by atoms with van der Waals surface area (Å²) in [4.78, 5) is 32.5. The number of hydrogen-bond donors (Lipinski definition) is 2. The SMILES string of the molecule is CN=C(NCCC(=O)NC1CCCC1)N1CCN(c2cnn(C)c2)C(=O)C1. The van der Waals surface area contributed by atoms with Gasteiger partial charge in [0.1, 0.15) is 6.54 Å². The van der Waals surface area contributed by atoms with E-state index in [1.165, 1.54) is 12.8 Å². The van der Waals surface area contributed by atoms with E-state index in [2.05, 4.69) is 20.7 Å². The van der Waals surface area contributed by atoms with Crippen molar-refractivity contribution in [3.05, 3.63) is 12.4 Å². The lowest BCUT2D eigenvalue weighted by Crippen LogP contribution is -2.55. The molecule has 1 aromatic rings. The van der Waals surface area contributed by atoms with Crippen LogP contribution in [0.1, 0.15) is 32.1 Å². The Bertz CT molecular complexity index is 694. The van der Waals surface area contributed by atoms with Crippen molar-refractivity contribution < 1.29 is 9.59 Å². The van der Waals surface area contributed by atoms with E-state index in [9.17, 15) is 9.59 Å². The van der Waals surface area contributed by atoms with Crippen molar-refractivity contribution in [2.45, 2.75) is 38.1 Å². The van der Waals surface area contributed by atoms with Gasteiger partial charge in [0.15, 0.2) is 5.96 Å². The Morgan fingerprint density at radius 2 is 2.11 bits per heavy atom. The summed E-state index contributed by atoms with van der Waals surface area (Å²) < 4.78 is 1.69. The van der Waals surface area contributed by atoms with Gasteiger partial charge in [-0.25, -0.2) is 0 Å². The summed E-state index contributed by atoms with van der Waals surface area (Å²) in [5, 5.41) is 10.4. The topological polar surface area (TPSA) is 94.9 Å². The van der Waals surface area contributed by atoms with Crippen LogP contribution in [0.15, 0.2) is 17.4 Å². The van der Waals surface area contributed by atoms with E-state index < -0.39 is 0 Å². The van der Waals surface area contributed by atoms with E-state index in [-0.39, 0.29) is 18.4 Å². The molecule has 2 fully saturated rings. The molecule has 2 heterocycles. The first-order valence-corrected chi connectivity index (χ1v) is 9.61. The Morgan fingerprint density at radius 3 is 2.74 bits per heavy atom. The third-order valence-corrected chi connectivity index (χ3v) is 5.09. The molecular weight excluding hydrogens is 346 g/mol. The lowest BCUT2D eigenvalue weighted by atomic mass is 10.2.